The van der Waals surface area contributed by atoms with Gasteiger partial charge in [-0.3, -0.25) is 9.59 Å². The van der Waals surface area contributed by atoms with Crippen LogP contribution < -0.4 is 24.8 Å². The molecule has 7 heteroatoms. The van der Waals surface area contributed by atoms with Crippen LogP contribution in [0.1, 0.15) is 29.8 Å². The van der Waals surface area contributed by atoms with Gasteiger partial charge in [-0.05, 0) is 49.8 Å². The van der Waals surface area contributed by atoms with Crippen molar-refractivity contribution in [2.75, 3.05) is 31.0 Å². The molecule has 2 N–H and O–H groups in total. The van der Waals surface area contributed by atoms with Crippen molar-refractivity contribution in [2.45, 2.75) is 13.8 Å². The molecular formula is C27H28N2O5. The van der Waals surface area contributed by atoms with E-state index in [-0.39, 0.29) is 11.8 Å². The Morgan fingerprint density at radius 1 is 0.824 bits per heavy atom. The molecule has 34 heavy (non-hydrogen) atoms. The van der Waals surface area contributed by atoms with Crippen LogP contribution >= 0.6 is 0 Å². The van der Waals surface area contributed by atoms with E-state index in [1.165, 1.54) is 6.08 Å². The monoisotopic (exact) mass is 460 g/mol. The normalized spacial score (nSPS) is 10.6. The van der Waals surface area contributed by atoms with Gasteiger partial charge in [0.1, 0.15) is 17.2 Å². The minimum absolute atomic E-state index is 0.276. The van der Waals surface area contributed by atoms with Crippen LogP contribution in [0.15, 0.2) is 72.8 Å². The zero-order valence-corrected chi connectivity index (χ0v) is 19.5. The van der Waals surface area contributed by atoms with Crippen molar-refractivity contribution in [3.8, 4) is 17.2 Å². The first kappa shape index (κ1) is 24.4. The number of amides is 2. The molecule has 2 amide bonds. The van der Waals surface area contributed by atoms with Crippen molar-refractivity contribution in [1.82, 2.24) is 0 Å². The molecule has 0 spiro atoms. The Morgan fingerprint density at radius 2 is 1.47 bits per heavy atom. The molecular weight excluding hydrogens is 432 g/mol. The van der Waals surface area contributed by atoms with Crippen molar-refractivity contribution < 1.29 is 23.8 Å². The second-order valence-electron chi connectivity index (χ2n) is 7.13. The zero-order valence-electron chi connectivity index (χ0n) is 19.5. The molecule has 0 atom stereocenters. The quantitative estimate of drug-likeness (QED) is 0.396. The standard InChI is InChI=1S/C27H28N2O5/c1-4-33-24-18-23(29-27(31)20-11-7-6-8-12-20)25(34-5-2)17-22(24)28-26(30)15-14-19-10-9-13-21(16-19)32-3/h6-18H,4-5H2,1-3H3,(H,28,30)(H,29,31)/b15-14+. The third-order valence-corrected chi connectivity index (χ3v) is 4.74. The lowest BCUT2D eigenvalue weighted by Crippen LogP contribution is -2.14. The Morgan fingerprint density at radius 3 is 2.09 bits per heavy atom. The van der Waals surface area contributed by atoms with Crippen LogP contribution in [-0.4, -0.2) is 32.1 Å². The predicted octanol–water partition coefficient (Wildman–Crippen LogP) is 5.40. The summed E-state index contributed by atoms with van der Waals surface area (Å²) >= 11 is 0. The molecule has 0 heterocycles. The van der Waals surface area contributed by atoms with Gasteiger partial charge < -0.3 is 24.8 Å². The molecule has 176 valence electrons. The predicted molar refractivity (Wildman–Crippen MR) is 134 cm³/mol. The summed E-state index contributed by atoms with van der Waals surface area (Å²) < 4.78 is 16.7. The Kier molecular flexibility index (Phi) is 8.68. The van der Waals surface area contributed by atoms with E-state index in [1.54, 1.807) is 49.6 Å². The number of hydrogen-bond acceptors (Lipinski definition) is 5. The van der Waals surface area contributed by atoms with E-state index < -0.39 is 0 Å². The molecule has 7 nitrogen and oxygen atoms in total. The fourth-order valence-electron chi connectivity index (χ4n) is 3.18. The van der Waals surface area contributed by atoms with Gasteiger partial charge in [0, 0.05) is 23.8 Å². The first-order valence-corrected chi connectivity index (χ1v) is 11.0. The highest BCUT2D eigenvalue weighted by molar-refractivity contribution is 6.06. The lowest BCUT2D eigenvalue weighted by molar-refractivity contribution is -0.111. The van der Waals surface area contributed by atoms with E-state index in [0.29, 0.717) is 47.4 Å². The molecule has 0 bridgehead atoms. The Bertz CT molecular complexity index is 1160. The summed E-state index contributed by atoms with van der Waals surface area (Å²) in [5.74, 6) is 0.921. The molecule has 3 rings (SSSR count). The number of anilines is 2. The lowest BCUT2D eigenvalue weighted by Gasteiger charge is -2.17. The smallest absolute Gasteiger partial charge is 0.255 e. The van der Waals surface area contributed by atoms with Crippen LogP contribution in [0.4, 0.5) is 11.4 Å². The number of ether oxygens (including phenoxy) is 3. The van der Waals surface area contributed by atoms with Gasteiger partial charge in [0.2, 0.25) is 5.91 Å². The molecule has 0 saturated heterocycles. The molecule has 3 aromatic carbocycles. The second-order valence-corrected chi connectivity index (χ2v) is 7.13. The molecule has 0 aliphatic heterocycles. The molecule has 0 unspecified atom stereocenters. The van der Waals surface area contributed by atoms with Crippen molar-refractivity contribution in [3.05, 3.63) is 83.9 Å². The van der Waals surface area contributed by atoms with E-state index in [1.807, 2.05) is 44.2 Å². The summed E-state index contributed by atoms with van der Waals surface area (Å²) in [4.78, 5) is 25.3. The van der Waals surface area contributed by atoms with Crippen LogP contribution in [0.25, 0.3) is 6.08 Å². The number of nitrogens with one attached hydrogen (secondary N) is 2. The summed E-state index contributed by atoms with van der Waals surface area (Å²) in [6.07, 6.45) is 3.12. The van der Waals surface area contributed by atoms with E-state index in [9.17, 15) is 9.59 Å². The maximum atomic E-state index is 12.7. The van der Waals surface area contributed by atoms with Crippen LogP contribution in [0, 0.1) is 0 Å². The largest absolute Gasteiger partial charge is 0.497 e. The van der Waals surface area contributed by atoms with Gasteiger partial charge in [-0.2, -0.15) is 0 Å². The van der Waals surface area contributed by atoms with Gasteiger partial charge in [-0.1, -0.05) is 30.3 Å². The Hall–Kier alpha value is -4.26. The molecule has 0 aliphatic rings. The molecule has 0 fully saturated rings. The molecule has 0 radical (unpaired) electrons. The van der Waals surface area contributed by atoms with Crippen molar-refractivity contribution in [3.63, 3.8) is 0 Å². The minimum Gasteiger partial charge on any atom is -0.497 e. The van der Waals surface area contributed by atoms with E-state index in [2.05, 4.69) is 10.6 Å². The van der Waals surface area contributed by atoms with Crippen molar-refractivity contribution in [2.24, 2.45) is 0 Å². The number of benzene rings is 3. The molecule has 3 aromatic rings. The SMILES string of the molecule is CCOc1cc(NC(=O)c2ccccc2)c(OCC)cc1NC(=O)/C=C/c1cccc(OC)c1. The summed E-state index contributed by atoms with van der Waals surface area (Å²) in [5, 5.41) is 5.70. The number of rotatable bonds is 10. The first-order valence-electron chi connectivity index (χ1n) is 11.0. The zero-order chi connectivity index (χ0) is 24.3. The van der Waals surface area contributed by atoms with Crippen LogP contribution in [-0.2, 0) is 4.79 Å². The van der Waals surface area contributed by atoms with E-state index in [0.717, 1.165) is 5.56 Å². The van der Waals surface area contributed by atoms with Gasteiger partial charge in [0.15, 0.2) is 0 Å². The number of methoxy groups -OCH3 is 1. The minimum atomic E-state index is -0.340. The summed E-state index contributed by atoms with van der Waals surface area (Å²) in [7, 11) is 1.59. The second kappa shape index (κ2) is 12.1. The number of hydrogen-bond donors (Lipinski definition) is 2. The van der Waals surface area contributed by atoms with Crippen molar-refractivity contribution in [1.29, 1.82) is 0 Å². The molecule has 0 aliphatic carbocycles. The summed E-state index contributed by atoms with van der Waals surface area (Å²) in [6.45, 7) is 4.44. The third-order valence-electron chi connectivity index (χ3n) is 4.74. The van der Waals surface area contributed by atoms with E-state index in [4.69, 9.17) is 14.2 Å². The maximum absolute atomic E-state index is 12.7. The number of carbonyl (C=O) groups is 2. The average molecular weight is 461 g/mol. The lowest BCUT2D eigenvalue weighted by atomic mass is 10.2. The highest BCUT2D eigenvalue weighted by atomic mass is 16.5. The third kappa shape index (κ3) is 6.62. The van der Waals surface area contributed by atoms with Gasteiger partial charge in [0.05, 0.1) is 31.7 Å². The highest BCUT2D eigenvalue weighted by Crippen LogP contribution is 2.37. The number of carbonyl (C=O) groups excluding carboxylic acids is 2. The first-order chi connectivity index (χ1) is 16.5. The van der Waals surface area contributed by atoms with Gasteiger partial charge in [-0.25, -0.2) is 0 Å². The van der Waals surface area contributed by atoms with Crippen LogP contribution in [0.3, 0.4) is 0 Å². The van der Waals surface area contributed by atoms with Crippen LogP contribution in [0.2, 0.25) is 0 Å². The van der Waals surface area contributed by atoms with Crippen LogP contribution in [0.5, 0.6) is 17.2 Å². The molecule has 0 saturated carbocycles. The summed E-state index contributed by atoms with van der Waals surface area (Å²) in [6, 6.07) is 19.6. The average Bonchev–Trinajstić information content (AvgIpc) is 2.86. The fourth-order valence-corrected chi connectivity index (χ4v) is 3.18. The Balaban J connectivity index is 1.84. The summed E-state index contributed by atoms with van der Waals surface area (Å²) in [5.41, 5.74) is 2.23. The topological polar surface area (TPSA) is 85.9 Å². The highest BCUT2D eigenvalue weighted by Gasteiger charge is 2.16. The Labute approximate surface area is 199 Å². The van der Waals surface area contributed by atoms with Gasteiger partial charge >= 0.3 is 0 Å². The fraction of sp³-hybridized carbons (Fsp3) is 0.185. The van der Waals surface area contributed by atoms with E-state index >= 15 is 0 Å². The van der Waals surface area contributed by atoms with Gasteiger partial charge in [0.25, 0.3) is 5.91 Å². The maximum Gasteiger partial charge on any atom is 0.255 e. The molecule has 0 aromatic heterocycles. The van der Waals surface area contributed by atoms with Crippen molar-refractivity contribution >= 4 is 29.3 Å². The van der Waals surface area contributed by atoms with Gasteiger partial charge in [-0.15, -0.1) is 0 Å².